The molecule has 0 radical (unpaired) electrons. The van der Waals surface area contributed by atoms with E-state index in [1.807, 2.05) is 37.3 Å². The van der Waals surface area contributed by atoms with E-state index in [0.717, 1.165) is 18.4 Å². The van der Waals surface area contributed by atoms with E-state index < -0.39 is 12.1 Å². The third-order valence-electron chi connectivity index (χ3n) is 3.90. The molecule has 1 fully saturated rings. The molecule has 4 nitrogen and oxygen atoms in total. The molecule has 20 heavy (non-hydrogen) atoms. The Bertz CT molecular complexity index is 487. The van der Waals surface area contributed by atoms with Crippen LogP contribution in [-0.4, -0.2) is 28.8 Å². The van der Waals surface area contributed by atoms with Crippen LogP contribution in [0.25, 0.3) is 0 Å². The Morgan fingerprint density at radius 3 is 2.50 bits per heavy atom. The fraction of sp³-hybridized carbons (Fsp3) is 0.500. The number of rotatable bonds is 4. The quantitative estimate of drug-likeness (QED) is 0.915. The van der Waals surface area contributed by atoms with Crippen molar-refractivity contribution in [2.45, 2.75) is 51.7 Å². The van der Waals surface area contributed by atoms with Gasteiger partial charge in [0.05, 0.1) is 0 Å². The molecule has 0 spiro atoms. The third kappa shape index (κ3) is 2.69. The zero-order valence-corrected chi connectivity index (χ0v) is 12.3. The summed E-state index contributed by atoms with van der Waals surface area (Å²) in [6.45, 7) is 5.89. The van der Waals surface area contributed by atoms with Gasteiger partial charge >= 0.3 is 0 Å². The first-order valence-corrected chi connectivity index (χ1v) is 7.23. The van der Waals surface area contributed by atoms with Gasteiger partial charge < -0.3 is 10.2 Å². The molecule has 1 aliphatic rings. The summed E-state index contributed by atoms with van der Waals surface area (Å²) in [5.41, 5.74) is 0.839. The van der Waals surface area contributed by atoms with Gasteiger partial charge in [0.25, 0.3) is 5.91 Å². The number of amides is 2. The van der Waals surface area contributed by atoms with Crippen LogP contribution in [0.1, 0.15) is 45.2 Å². The molecule has 2 amide bonds. The number of benzene rings is 1. The maximum Gasteiger partial charge on any atom is 0.250 e. The van der Waals surface area contributed by atoms with Gasteiger partial charge in [-0.3, -0.25) is 9.59 Å². The second-order valence-corrected chi connectivity index (χ2v) is 5.41. The van der Waals surface area contributed by atoms with Crippen molar-refractivity contribution < 1.29 is 9.59 Å². The van der Waals surface area contributed by atoms with Crippen LogP contribution < -0.4 is 5.32 Å². The van der Waals surface area contributed by atoms with E-state index >= 15 is 0 Å². The molecule has 3 unspecified atom stereocenters. The van der Waals surface area contributed by atoms with Gasteiger partial charge in [0, 0.05) is 6.04 Å². The lowest BCUT2D eigenvalue weighted by Crippen LogP contribution is -2.60. The zero-order chi connectivity index (χ0) is 14.7. The molecule has 3 atom stereocenters. The second-order valence-electron chi connectivity index (χ2n) is 5.41. The molecule has 1 heterocycles. The lowest BCUT2D eigenvalue weighted by atomic mass is 9.98. The fourth-order valence-corrected chi connectivity index (χ4v) is 2.82. The summed E-state index contributed by atoms with van der Waals surface area (Å²) < 4.78 is 0. The summed E-state index contributed by atoms with van der Waals surface area (Å²) in [6, 6.07) is 8.55. The summed E-state index contributed by atoms with van der Waals surface area (Å²) in [5, 5.41) is 2.83. The highest BCUT2D eigenvalue weighted by Gasteiger charge is 2.40. The number of piperazine rings is 1. The van der Waals surface area contributed by atoms with Gasteiger partial charge in [0.15, 0.2) is 0 Å². The molecule has 0 aliphatic carbocycles. The molecule has 1 aliphatic heterocycles. The number of hydrogen-bond acceptors (Lipinski definition) is 2. The molecule has 0 aromatic heterocycles. The number of carbonyl (C=O) groups is 2. The standard InChI is InChI=1S/C16H22N2O2/c1-4-8-11(2)18-12(3)15(19)17-14(16(18)20)13-9-6-5-7-10-13/h5-7,9-12,14H,4,8H2,1-3H3,(H,17,19). The van der Waals surface area contributed by atoms with Gasteiger partial charge in [0.1, 0.15) is 12.1 Å². The Morgan fingerprint density at radius 2 is 1.90 bits per heavy atom. The number of hydrogen-bond donors (Lipinski definition) is 1. The molecule has 4 heteroatoms. The number of nitrogens with one attached hydrogen (secondary N) is 1. The minimum Gasteiger partial charge on any atom is -0.339 e. The number of nitrogens with zero attached hydrogens (tertiary/aromatic N) is 1. The zero-order valence-electron chi connectivity index (χ0n) is 12.3. The van der Waals surface area contributed by atoms with Crippen LogP contribution in [0.3, 0.4) is 0 Å². The maximum absolute atomic E-state index is 12.7. The molecular weight excluding hydrogens is 252 g/mol. The topological polar surface area (TPSA) is 49.4 Å². The van der Waals surface area contributed by atoms with E-state index in [0.29, 0.717) is 0 Å². The summed E-state index contributed by atoms with van der Waals surface area (Å²) in [6.07, 6.45) is 1.90. The van der Waals surface area contributed by atoms with Crippen LogP contribution in [0.5, 0.6) is 0 Å². The smallest absolute Gasteiger partial charge is 0.250 e. The van der Waals surface area contributed by atoms with Crippen LogP contribution >= 0.6 is 0 Å². The minimum atomic E-state index is -0.556. The monoisotopic (exact) mass is 274 g/mol. The van der Waals surface area contributed by atoms with Crippen molar-refractivity contribution in [3.8, 4) is 0 Å². The third-order valence-corrected chi connectivity index (χ3v) is 3.90. The first-order valence-electron chi connectivity index (χ1n) is 7.23. The highest BCUT2D eigenvalue weighted by molar-refractivity contribution is 5.97. The van der Waals surface area contributed by atoms with Gasteiger partial charge in [-0.15, -0.1) is 0 Å². The van der Waals surface area contributed by atoms with E-state index in [1.165, 1.54) is 0 Å². The molecule has 1 aromatic rings. The lowest BCUT2D eigenvalue weighted by molar-refractivity contribution is -0.151. The Kier molecular flexibility index (Phi) is 4.42. The van der Waals surface area contributed by atoms with Crippen LogP contribution in [0, 0.1) is 0 Å². The first kappa shape index (κ1) is 14.6. The van der Waals surface area contributed by atoms with Gasteiger partial charge in [-0.05, 0) is 25.8 Å². The van der Waals surface area contributed by atoms with Gasteiger partial charge in [-0.2, -0.15) is 0 Å². The molecule has 1 aromatic carbocycles. The Labute approximate surface area is 120 Å². The van der Waals surface area contributed by atoms with Crippen molar-refractivity contribution in [2.24, 2.45) is 0 Å². The summed E-state index contributed by atoms with van der Waals surface area (Å²) in [4.78, 5) is 26.6. The molecule has 1 N–H and O–H groups in total. The van der Waals surface area contributed by atoms with E-state index in [4.69, 9.17) is 0 Å². The molecule has 0 saturated carbocycles. The van der Waals surface area contributed by atoms with Crippen molar-refractivity contribution in [3.63, 3.8) is 0 Å². The van der Waals surface area contributed by atoms with E-state index in [1.54, 1.807) is 11.8 Å². The second kappa shape index (κ2) is 6.07. The van der Waals surface area contributed by atoms with Crippen molar-refractivity contribution in [1.82, 2.24) is 10.2 Å². The highest BCUT2D eigenvalue weighted by Crippen LogP contribution is 2.25. The normalized spacial score (nSPS) is 24.4. The van der Waals surface area contributed by atoms with Crippen molar-refractivity contribution in [2.75, 3.05) is 0 Å². The Hall–Kier alpha value is -1.84. The molecule has 0 bridgehead atoms. The lowest BCUT2D eigenvalue weighted by Gasteiger charge is -2.41. The minimum absolute atomic E-state index is 0.00995. The Balaban J connectivity index is 2.28. The SMILES string of the molecule is CCCC(C)N1C(=O)C(c2ccccc2)NC(=O)C1C. The largest absolute Gasteiger partial charge is 0.339 e. The molecule has 108 valence electrons. The maximum atomic E-state index is 12.7. The molecule has 2 rings (SSSR count). The first-order chi connectivity index (χ1) is 9.56. The summed E-state index contributed by atoms with van der Waals surface area (Å²) in [5.74, 6) is -0.0920. The van der Waals surface area contributed by atoms with E-state index in [2.05, 4.69) is 12.2 Å². The number of carbonyl (C=O) groups excluding carboxylic acids is 2. The van der Waals surface area contributed by atoms with Gasteiger partial charge in [-0.25, -0.2) is 0 Å². The fourth-order valence-electron chi connectivity index (χ4n) is 2.82. The summed E-state index contributed by atoms with van der Waals surface area (Å²) >= 11 is 0. The van der Waals surface area contributed by atoms with E-state index in [-0.39, 0.29) is 17.9 Å². The highest BCUT2D eigenvalue weighted by atomic mass is 16.2. The predicted octanol–water partition coefficient (Wildman–Crippen LogP) is 2.26. The molecular formula is C16H22N2O2. The van der Waals surface area contributed by atoms with Crippen LogP contribution in [0.15, 0.2) is 30.3 Å². The van der Waals surface area contributed by atoms with Crippen molar-refractivity contribution in [1.29, 1.82) is 0 Å². The average molecular weight is 274 g/mol. The Morgan fingerprint density at radius 1 is 1.25 bits per heavy atom. The van der Waals surface area contributed by atoms with Crippen LogP contribution in [0.2, 0.25) is 0 Å². The van der Waals surface area contributed by atoms with Crippen molar-refractivity contribution >= 4 is 11.8 Å². The van der Waals surface area contributed by atoms with Gasteiger partial charge in [-0.1, -0.05) is 43.7 Å². The van der Waals surface area contributed by atoms with E-state index in [9.17, 15) is 9.59 Å². The molecule has 1 saturated heterocycles. The van der Waals surface area contributed by atoms with Crippen LogP contribution in [-0.2, 0) is 9.59 Å². The average Bonchev–Trinajstić information content (AvgIpc) is 2.44. The summed E-state index contributed by atoms with van der Waals surface area (Å²) in [7, 11) is 0. The van der Waals surface area contributed by atoms with Crippen LogP contribution in [0.4, 0.5) is 0 Å². The predicted molar refractivity (Wildman–Crippen MR) is 78.0 cm³/mol. The van der Waals surface area contributed by atoms with Crippen molar-refractivity contribution in [3.05, 3.63) is 35.9 Å². The van der Waals surface area contributed by atoms with Gasteiger partial charge in [0.2, 0.25) is 5.91 Å².